The van der Waals surface area contributed by atoms with Gasteiger partial charge in [-0.05, 0) is 35.7 Å². The van der Waals surface area contributed by atoms with Crippen LogP contribution in [0.15, 0.2) is 30.5 Å². The van der Waals surface area contributed by atoms with Crippen LogP contribution in [0, 0.1) is 5.82 Å². The molecule has 0 saturated carbocycles. The van der Waals surface area contributed by atoms with Gasteiger partial charge >= 0.3 is 0 Å². The summed E-state index contributed by atoms with van der Waals surface area (Å²) in [6.45, 7) is 3.93. The van der Waals surface area contributed by atoms with Crippen molar-refractivity contribution in [3.05, 3.63) is 47.5 Å². The summed E-state index contributed by atoms with van der Waals surface area (Å²) in [6, 6.07) is 6.35. The molecule has 0 aliphatic rings. The normalized spacial score (nSPS) is 11.1. The largest absolute Gasteiger partial charge is 0.392 e. The highest BCUT2D eigenvalue weighted by Gasteiger charge is 2.06. The molecule has 0 aliphatic heterocycles. The topological polar surface area (TPSA) is 38.0 Å². The molecule has 2 aromatic rings. The molecule has 1 aromatic carbocycles. The molecule has 17 heavy (non-hydrogen) atoms. The Morgan fingerprint density at radius 2 is 2.12 bits per heavy atom. The van der Waals surface area contributed by atoms with Crippen LogP contribution in [0.4, 0.5) is 4.39 Å². The fraction of sp³-hybridized carbons (Fsp3) is 0.308. The van der Waals surface area contributed by atoms with E-state index in [1.165, 1.54) is 12.1 Å². The van der Waals surface area contributed by atoms with Gasteiger partial charge in [-0.3, -0.25) is 0 Å². The van der Waals surface area contributed by atoms with Crippen molar-refractivity contribution in [1.82, 2.24) is 9.78 Å². The Balaban J connectivity index is 2.41. The molecule has 0 saturated heterocycles. The van der Waals surface area contributed by atoms with Gasteiger partial charge in [0, 0.05) is 6.20 Å². The SMILES string of the molecule is CC(C)c1ccn(-c2cc(F)cc(CO)c2)n1. The van der Waals surface area contributed by atoms with E-state index in [4.69, 9.17) is 5.11 Å². The summed E-state index contributed by atoms with van der Waals surface area (Å²) in [7, 11) is 0. The molecule has 3 nitrogen and oxygen atoms in total. The molecule has 0 unspecified atom stereocenters. The molecular weight excluding hydrogens is 219 g/mol. The first kappa shape index (κ1) is 11.8. The van der Waals surface area contributed by atoms with E-state index in [2.05, 4.69) is 18.9 Å². The number of aromatic nitrogens is 2. The van der Waals surface area contributed by atoms with Crippen molar-refractivity contribution in [3.8, 4) is 5.69 Å². The van der Waals surface area contributed by atoms with Gasteiger partial charge in [-0.1, -0.05) is 13.8 Å². The Morgan fingerprint density at radius 1 is 1.35 bits per heavy atom. The van der Waals surface area contributed by atoms with Crippen LogP contribution in [0.3, 0.4) is 0 Å². The summed E-state index contributed by atoms with van der Waals surface area (Å²) in [6.07, 6.45) is 1.80. The number of nitrogens with zero attached hydrogens (tertiary/aromatic N) is 2. The molecule has 0 amide bonds. The quantitative estimate of drug-likeness (QED) is 0.886. The van der Waals surface area contributed by atoms with Gasteiger partial charge < -0.3 is 5.11 Å². The summed E-state index contributed by atoms with van der Waals surface area (Å²) in [5, 5.41) is 13.4. The van der Waals surface area contributed by atoms with E-state index >= 15 is 0 Å². The van der Waals surface area contributed by atoms with E-state index in [9.17, 15) is 4.39 Å². The Morgan fingerprint density at radius 3 is 2.71 bits per heavy atom. The molecular formula is C13H15FN2O. The molecule has 0 aliphatic carbocycles. The summed E-state index contributed by atoms with van der Waals surface area (Å²) < 4.78 is 14.9. The number of hydrogen-bond acceptors (Lipinski definition) is 2. The minimum atomic E-state index is -0.367. The van der Waals surface area contributed by atoms with Crippen LogP contribution >= 0.6 is 0 Å². The van der Waals surface area contributed by atoms with E-state index in [-0.39, 0.29) is 12.4 Å². The lowest BCUT2D eigenvalue weighted by molar-refractivity contribution is 0.281. The molecule has 1 N–H and O–H groups in total. The van der Waals surface area contributed by atoms with Crippen LogP contribution < -0.4 is 0 Å². The standard InChI is InChI=1S/C13H15FN2O/c1-9(2)13-3-4-16(15-13)12-6-10(8-17)5-11(14)7-12/h3-7,9,17H,8H2,1-2H3. The number of aliphatic hydroxyl groups excluding tert-OH is 1. The van der Waals surface area contributed by atoms with Crippen molar-refractivity contribution >= 4 is 0 Å². The van der Waals surface area contributed by atoms with Crippen LogP contribution in [0.25, 0.3) is 5.69 Å². The molecule has 0 fully saturated rings. The molecule has 2 rings (SSSR count). The average molecular weight is 234 g/mol. The lowest BCUT2D eigenvalue weighted by Gasteiger charge is -2.05. The lowest BCUT2D eigenvalue weighted by Crippen LogP contribution is -1.99. The molecule has 0 bridgehead atoms. The minimum Gasteiger partial charge on any atom is -0.392 e. The van der Waals surface area contributed by atoms with Crippen molar-refractivity contribution < 1.29 is 9.50 Å². The maximum absolute atomic E-state index is 13.3. The van der Waals surface area contributed by atoms with Gasteiger partial charge in [-0.15, -0.1) is 0 Å². The van der Waals surface area contributed by atoms with E-state index in [0.717, 1.165) is 5.69 Å². The van der Waals surface area contributed by atoms with Gasteiger partial charge in [0.25, 0.3) is 0 Å². The molecule has 4 heteroatoms. The maximum Gasteiger partial charge on any atom is 0.125 e. The molecule has 90 valence electrons. The maximum atomic E-state index is 13.3. The van der Waals surface area contributed by atoms with Gasteiger partial charge in [0.15, 0.2) is 0 Å². The van der Waals surface area contributed by atoms with E-state index < -0.39 is 0 Å². The fourth-order valence-electron chi connectivity index (χ4n) is 1.65. The third-order valence-corrected chi connectivity index (χ3v) is 2.59. The Bertz CT molecular complexity index is 520. The van der Waals surface area contributed by atoms with Crippen LogP contribution in [0.2, 0.25) is 0 Å². The Hall–Kier alpha value is -1.68. The third-order valence-electron chi connectivity index (χ3n) is 2.59. The monoisotopic (exact) mass is 234 g/mol. The third kappa shape index (κ3) is 2.53. The highest BCUT2D eigenvalue weighted by Crippen LogP contribution is 2.16. The second-order valence-electron chi connectivity index (χ2n) is 4.32. The lowest BCUT2D eigenvalue weighted by atomic mass is 10.1. The van der Waals surface area contributed by atoms with Crippen molar-refractivity contribution in [1.29, 1.82) is 0 Å². The van der Waals surface area contributed by atoms with Gasteiger partial charge in [0.2, 0.25) is 0 Å². The highest BCUT2D eigenvalue weighted by molar-refractivity contribution is 5.36. The van der Waals surface area contributed by atoms with Crippen LogP contribution in [0.1, 0.15) is 31.0 Å². The second kappa shape index (κ2) is 4.67. The summed E-state index contributed by atoms with van der Waals surface area (Å²) in [5.41, 5.74) is 2.13. The molecule has 1 heterocycles. The van der Waals surface area contributed by atoms with Crippen LogP contribution in [-0.2, 0) is 6.61 Å². The number of aliphatic hydroxyl groups is 1. The van der Waals surface area contributed by atoms with Crippen molar-refractivity contribution in [2.75, 3.05) is 0 Å². The number of rotatable bonds is 3. The molecule has 1 aromatic heterocycles. The van der Waals surface area contributed by atoms with Crippen molar-refractivity contribution in [2.24, 2.45) is 0 Å². The number of benzene rings is 1. The van der Waals surface area contributed by atoms with Gasteiger partial charge in [-0.2, -0.15) is 5.10 Å². The Kier molecular flexibility index (Phi) is 3.24. The average Bonchev–Trinajstić information content (AvgIpc) is 2.77. The fourth-order valence-corrected chi connectivity index (χ4v) is 1.65. The Labute approximate surface area is 99.5 Å². The zero-order valence-electron chi connectivity index (χ0n) is 9.89. The smallest absolute Gasteiger partial charge is 0.125 e. The van der Waals surface area contributed by atoms with Crippen LogP contribution in [0.5, 0.6) is 0 Å². The first-order chi connectivity index (χ1) is 8.10. The molecule has 0 radical (unpaired) electrons. The predicted octanol–water partition coefficient (Wildman–Crippen LogP) is 2.63. The second-order valence-corrected chi connectivity index (χ2v) is 4.32. The zero-order chi connectivity index (χ0) is 12.4. The number of hydrogen-bond donors (Lipinski definition) is 1. The summed E-state index contributed by atoms with van der Waals surface area (Å²) >= 11 is 0. The van der Waals surface area contributed by atoms with Crippen LogP contribution in [-0.4, -0.2) is 14.9 Å². The predicted molar refractivity (Wildman–Crippen MR) is 63.5 cm³/mol. The number of halogens is 1. The summed E-state index contributed by atoms with van der Waals surface area (Å²) in [4.78, 5) is 0. The van der Waals surface area contributed by atoms with Gasteiger partial charge in [0.05, 0.1) is 18.0 Å². The van der Waals surface area contributed by atoms with Gasteiger partial charge in [-0.25, -0.2) is 9.07 Å². The van der Waals surface area contributed by atoms with Gasteiger partial charge in [0.1, 0.15) is 5.82 Å². The minimum absolute atomic E-state index is 0.178. The summed E-state index contributed by atoms with van der Waals surface area (Å²) in [5.74, 6) is -0.0322. The van der Waals surface area contributed by atoms with Crippen molar-refractivity contribution in [2.45, 2.75) is 26.4 Å². The first-order valence-electron chi connectivity index (χ1n) is 5.56. The molecule has 0 atom stereocenters. The van der Waals surface area contributed by atoms with Crippen molar-refractivity contribution in [3.63, 3.8) is 0 Å². The zero-order valence-corrected chi connectivity index (χ0v) is 9.89. The van der Waals surface area contributed by atoms with E-state index in [1.54, 1.807) is 16.9 Å². The van der Waals surface area contributed by atoms with E-state index in [1.807, 2.05) is 6.07 Å². The highest BCUT2D eigenvalue weighted by atomic mass is 19.1. The first-order valence-corrected chi connectivity index (χ1v) is 5.56. The van der Waals surface area contributed by atoms with E-state index in [0.29, 0.717) is 17.2 Å². The molecule has 0 spiro atoms.